The average Bonchev–Trinajstić information content (AvgIpc) is 0.918. The fraction of sp³-hybridized carbons (Fsp3) is 1.00. The number of aliphatic hydroxyl groups is 1. The zero-order valence-electron chi connectivity index (χ0n) is 2.65. The Morgan fingerprint density at radius 2 is 1.60 bits per heavy atom. The molecule has 0 aromatic carbocycles. The minimum atomic E-state index is 0. The van der Waals surface area contributed by atoms with Crippen LogP contribution >= 0.6 is 0 Å². The van der Waals surface area contributed by atoms with Gasteiger partial charge in [-0.1, -0.05) is 0 Å². The van der Waals surface area contributed by atoms with Crippen LogP contribution in [0.3, 0.4) is 0 Å². The standard InChI is InChI=1S/C2H6O.Ba.H2O.2H/c1-2-3;;;;/h3H,2H2,1H3;;1H2;;. The second-order valence-corrected chi connectivity index (χ2v) is 0.316. The summed E-state index contributed by atoms with van der Waals surface area (Å²) < 4.78 is 0. The molecule has 32 valence electrons. The van der Waals surface area contributed by atoms with E-state index in [0.717, 1.165) is 0 Å². The molecule has 3 heteroatoms. The molecule has 0 atom stereocenters. The first-order chi connectivity index (χ1) is 1.41. The number of rotatable bonds is 0. The third-order valence-corrected chi connectivity index (χ3v) is 0. The molecule has 0 amide bonds. The van der Waals surface area contributed by atoms with Crippen molar-refractivity contribution in [1.82, 2.24) is 0 Å². The summed E-state index contributed by atoms with van der Waals surface area (Å²) in [5, 5.41) is 7.57. The third kappa shape index (κ3) is 30.1. The summed E-state index contributed by atoms with van der Waals surface area (Å²) in [6.45, 7) is 1.93. The van der Waals surface area contributed by atoms with Gasteiger partial charge in [0.05, 0.1) is 0 Å². The Hall–Kier alpha value is 1.49. The molecule has 3 N–H and O–H groups in total. The molecule has 0 saturated carbocycles. The van der Waals surface area contributed by atoms with E-state index >= 15 is 0 Å². The topological polar surface area (TPSA) is 51.7 Å². The van der Waals surface area contributed by atoms with Gasteiger partial charge in [-0.25, -0.2) is 0 Å². The maximum absolute atomic E-state index is 7.57. The molecule has 0 rings (SSSR count). The fourth-order valence-corrected chi connectivity index (χ4v) is 0. The van der Waals surface area contributed by atoms with Crippen molar-refractivity contribution in [1.29, 1.82) is 0 Å². The Kier molecular flexibility index (Phi) is 57.3. The first-order valence-corrected chi connectivity index (χ1v) is 1.02. The van der Waals surface area contributed by atoms with E-state index in [9.17, 15) is 0 Å². The van der Waals surface area contributed by atoms with Crippen molar-refractivity contribution in [3.63, 3.8) is 0 Å². The van der Waals surface area contributed by atoms with Gasteiger partial charge in [0.15, 0.2) is 0 Å². The molecule has 0 radical (unpaired) electrons. The second-order valence-electron chi connectivity index (χ2n) is 0.316. The van der Waals surface area contributed by atoms with Crippen molar-refractivity contribution in [3.8, 4) is 0 Å². The number of aliphatic hydroxyl groups excluding tert-OH is 1. The first-order valence-electron chi connectivity index (χ1n) is 1.02. The summed E-state index contributed by atoms with van der Waals surface area (Å²) in [6, 6.07) is 0. The monoisotopic (exact) mass is 204 g/mol. The quantitative estimate of drug-likeness (QED) is 0.467. The van der Waals surface area contributed by atoms with E-state index in [-0.39, 0.29) is 61.0 Å². The molecule has 0 fully saturated rings. The molecule has 0 saturated heterocycles. The van der Waals surface area contributed by atoms with E-state index in [1.54, 1.807) is 6.92 Å². The Morgan fingerprint density at radius 3 is 1.60 bits per heavy atom. The van der Waals surface area contributed by atoms with E-state index in [4.69, 9.17) is 5.11 Å². The fourth-order valence-electron chi connectivity index (χ4n) is 0. The van der Waals surface area contributed by atoms with E-state index in [0.29, 0.717) is 0 Å². The van der Waals surface area contributed by atoms with Crippen molar-refractivity contribution >= 4 is 48.9 Å². The van der Waals surface area contributed by atoms with Crippen molar-refractivity contribution in [2.45, 2.75) is 6.92 Å². The zero-order valence-corrected chi connectivity index (χ0v) is 2.65. The van der Waals surface area contributed by atoms with Crippen LogP contribution in [0.4, 0.5) is 0 Å². The van der Waals surface area contributed by atoms with Gasteiger partial charge in [0.25, 0.3) is 0 Å². The normalized spacial score (nSPS) is 3.60. The number of hydrogen-bond donors (Lipinski definition) is 1. The third-order valence-electron chi connectivity index (χ3n) is 0. The second kappa shape index (κ2) is 17.8. The van der Waals surface area contributed by atoms with Crippen LogP contribution in [-0.4, -0.2) is 66.1 Å². The van der Waals surface area contributed by atoms with Crippen LogP contribution in [0.25, 0.3) is 0 Å². The van der Waals surface area contributed by atoms with E-state index in [2.05, 4.69) is 0 Å². The van der Waals surface area contributed by atoms with Crippen LogP contribution in [0.1, 0.15) is 6.92 Å². The van der Waals surface area contributed by atoms with Gasteiger partial charge in [-0.15, -0.1) is 0 Å². The molecule has 0 aliphatic heterocycles. The van der Waals surface area contributed by atoms with Gasteiger partial charge in [0, 0.05) is 6.61 Å². The van der Waals surface area contributed by atoms with Crippen LogP contribution in [-0.2, 0) is 0 Å². The summed E-state index contributed by atoms with van der Waals surface area (Å²) in [4.78, 5) is 0. The summed E-state index contributed by atoms with van der Waals surface area (Å²) in [5.74, 6) is 0. The van der Waals surface area contributed by atoms with Gasteiger partial charge < -0.3 is 10.6 Å². The van der Waals surface area contributed by atoms with Crippen LogP contribution < -0.4 is 0 Å². The van der Waals surface area contributed by atoms with Gasteiger partial charge >= 0.3 is 48.9 Å². The molecular weight excluding hydrogens is 193 g/mol. The van der Waals surface area contributed by atoms with Crippen molar-refractivity contribution < 1.29 is 10.6 Å². The van der Waals surface area contributed by atoms with Crippen molar-refractivity contribution in [2.75, 3.05) is 6.61 Å². The first kappa shape index (κ1) is 16.1. The van der Waals surface area contributed by atoms with E-state index in [1.165, 1.54) is 0 Å². The van der Waals surface area contributed by atoms with Crippen molar-refractivity contribution in [2.24, 2.45) is 0 Å². The summed E-state index contributed by atoms with van der Waals surface area (Å²) in [6.07, 6.45) is 0. The number of hydrogen-bond acceptors (Lipinski definition) is 1. The van der Waals surface area contributed by atoms with Gasteiger partial charge in [-0.05, 0) is 6.92 Å². The molecule has 0 aliphatic rings. The SMILES string of the molecule is CCO.O.[BaH2]. The molecular formula is C2H10BaO2. The molecule has 0 aliphatic carbocycles. The molecule has 0 aromatic heterocycles. The molecule has 5 heavy (non-hydrogen) atoms. The molecule has 2 nitrogen and oxygen atoms in total. The molecule has 0 aromatic rings. The van der Waals surface area contributed by atoms with Crippen LogP contribution in [0, 0.1) is 0 Å². The Morgan fingerprint density at radius 1 is 1.60 bits per heavy atom. The average molecular weight is 203 g/mol. The summed E-state index contributed by atoms with van der Waals surface area (Å²) in [7, 11) is 0. The van der Waals surface area contributed by atoms with Crippen LogP contribution in [0.5, 0.6) is 0 Å². The van der Waals surface area contributed by atoms with Gasteiger partial charge in [-0.2, -0.15) is 0 Å². The molecule has 0 unspecified atom stereocenters. The predicted octanol–water partition coefficient (Wildman–Crippen LogP) is -1.74. The molecule has 0 heterocycles. The Bertz CT molecular complexity index is 7.61. The van der Waals surface area contributed by atoms with Gasteiger partial charge in [-0.3, -0.25) is 0 Å². The Labute approximate surface area is 72.0 Å². The molecule has 0 bridgehead atoms. The predicted molar refractivity (Wildman–Crippen MR) is 24.9 cm³/mol. The van der Waals surface area contributed by atoms with Gasteiger partial charge in [0.2, 0.25) is 0 Å². The van der Waals surface area contributed by atoms with Crippen LogP contribution in [0.2, 0.25) is 0 Å². The minimum absolute atomic E-state index is 0. The van der Waals surface area contributed by atoms with E-state index < -0.39 is 0 Å². The summed E-state index contributed by atoms with van der Waals surface area (Å²) >= 11 is 0. The summed E-state index contributed by atoms with van der Waals surface area (Å²) in [5.41, 5.74) is 0. The van der Waals surface area contributed by atoms with Gasteiger partial charge in [0.1, 0.15) is 0 Å². The van der Waals surface area contributed by atoms with Crippen LogP contribution in [0.15, 0.2) is 0 Å². The molecule has 0 spiro atoms. The maximum atomic E-state index is 7.57. The Balaban J connectivity index is -0.0000000200. The van der Waals surface area contributed by atoms with Crippen molar-refractivity contribution in [3.05, 3.63) is 0 Å². The zero-order chi connectivity index (χ0) is 2.71. The van der Waals surface area contributed by atoms with E-state index in [1.807, 2.05) is 0 Å².